The average molecular weight is 368 g/mol. The van der Waals surface area contributed by atoms with Gasteiger partial charge in [-0.05, 0) is 38.1 Å². The smallest absolute Gasteiger partial charge is 0.163 e. The molecule has 2 aromatic rings. The Morgan fingerprint density at radius 2 is 1.22 bits per heavy atom. The van der Waals surface area contributed by atoms with Crippen molar-refractivity contribution in [1.29, 1.82) is 0 Å². The fourth-order valence-corrected chi connectivity index (χ4v) is 2.92. The molecule has 0 saturated carbocycles. The van der Waals surface area contributed by atoms with Crippen molar-refractivity contribution in [3.8, 4) is 11.5 Å². The van der Waals surface area contributed by atoms with E-state index in [1.807, 2.05) is 26.0 Å². The van der Waals surface area contributed by atoms with Crippen LogP contribution in [0.3, 0.4) is 0 Å². The fourth-order valence-electron chi connectivity index (χ4n) is 2.92. The van der Waals surface area contributed by atoms with E-state index in [0.29, 0.717) is 24.2 Å². The van der Waals surface area contributed by atoms with Crippen LogP contribution in [0, 0.1) is 0 Å². The van der Waals surface area contributed by atoms with Gasteiger partial charge in [0.05, 0.1) is 13.1 Å². The van der Waals surface area contributed by atoms with Crippen LogP contribution in [0.2, 0.25) is 0 Å². The summed E-state index contributed by atoms with van der Waals surface area (Å²) in [4.78, 5) is 8.80. The predicted molar refractivity (Wildman–Crippen MR) is 105 cm³/mol. The highest BCUT2D eigenvalue weighted by atomic mass is 16.8. The number of ether oxygens (including phenoxy) is 2. The standard InChI is InChI=1S/C21H24N2O4/c1-21(2)26-19(13-22-11-15-7-3-5-9-17(15)24)20(27-21)14-23-12-16-8-4-6-10-18(16)25/h3-12,19-20,24-25H,13-14H2,1-2H3/t19-,20-/m1/s1. The van der Waals surface area contributed by atoms with E-state index in [1.54, 1.807) is 48.8 Å². The highest BCUT2D eigenvalue weighted by molar-refractivity contribution is 5.83. The van der Waals surface area contributed by atoms with Crippen LogP contribution in [0.25, 0.3) is 0 Å². The Balaban J connectivity index is 1.63. The van der Waals surface area contributed by atoms with Gasteiger partial charge in [0.25, 0.3) is 0 Å². The van der Waals surface area contributed by atoms with Gasteiger partial charge in [0.2, 0.25) is 0 Å². The molecular formula is C21H24N2O4. The van der Waals surface area contributed by atoms with Crippen LogP contribution in [-0.2, 0) is 9.47 Å². The number of rotatable bonds is 6. The zero-order valence-electron chi connectivity index (χ0n) is 15.4. The first-order chi connectivity index (χ1) is 12.9. The Bertz CT molecular complexity index is 765. The Kier molecular flexibility index (Phi) is 5.88. The zero-order chi connectivity index (χ0) is 19.3. The number of benzene rings is 2. The van der Waals surface area contributed by atoms with Gasteiger partial charge < -0.3 is 19.7 Å². The Morgan fingerprint density at radius 3 is 1.63 bits per heavy atom. The van der Waals surface area contributed by atoms with Crippen LogP contribution in [-0.4, -0.2) is 53.7 Å². The lowest BCUT2D eigenvalue weighted by Gasteiger charge is -2.16. The third-order valence-electron chi connectivity index (χ3n) is 4.19. The summed E-state index contributed by atoms with van der Waals surface area (Å²) in [5, 5.41) is 19.6. The summed E-state index contributed by atoms with van der Waals surface area (Å²) in [7, 11) is 0. The minimum atomic E-state index is -0.704. The molecule has 0 bridgehead atoms. The molecule has 2 aromatic carbocycles. The molecule has 2 N–H and O–H groups in total. The second kappa shape index (κ2) is 8.33. The molecule has 6 heteroatoms. The van der Waals surface area contributed by atoms with Crippen LogP contribution in [0.15, 0.2) is 58.5 Å². The minimum absolute atomic E-state index is 0.189. The van der Waals surface area contributed by atoms with E-state index in [9.17, 15) is 10.2 Å². The number of phenols is 2. The van der Waals surface area contributed by atoms with E-state index >= 15 is 0 Å². The van der Waals surface area contributed by atoms with Crippen molar-refractivity contribution in [3.05, 3.63) is 59.7 Å². The summed E-state index contributed by atoms with van der Waals surface area (Å²) in [6.45, 7) is 4.52. The largest absolute Gasteiger partial charge is 0.507 e. The fraction of sp³-hybridized carbons (Fsp3) is 0.333. The Morgan fingerprint density at radius 1 is 0.815 bits per heavy atom. The maximum atomic E-state index is 9.80. The van der Waals surface area contributed by atoms with Crippen molar-refractivity contribution < 1.29 is 19.7 Å². The molecule has 1 aliphatic heterocycles. The van der Waals surface area contributed by atoms with E-state index in [-0.39, 0.29) is 23.7 Å². The number of nitrogens with zero attached hydrogens (tertiary/aromatic N) is 2. The summed E-state index contributed by atoms with van der Waals surface area (Å²) in [6, 6.07) is 14.0. The molecule has 0 unspecified atom stereocenters. The van der Waals surface area contributed by atoms with Gasteiger partial charge in [0, 0.05) is 23.6 Å². The third-order valence-corrected chi connectivity index (χ3v) is 4.19. The summed E-state index contributed by atoms with van der Waals surface area (Å²) in [5.74, 6) is -0.326. The van der Waals surface area contributed by atoms with Crippen molar-refractivity contribution in [2.45, 2.75) is 31.8 Å². The predicted octanol–water partition coefficient (Wildman–Crippen LogP) is 3.16. The molecule has 2 atom stereocenters. The summed E-state index contributed by atoms with van der Waals surface area (Å²) < 4.78 is 11.9. The van der Waals surface area contributed by atoms with Crippen molar-refractivity contribution in [1.82, 2.24) is 0 Å². The van der Waals surface area contributed by atoms with Crippen LogP contribution in [0.1, 0.15) is 25.0 Å². The van der Waals surface area contributed by atoms with Crippen molar-refractivity contribution in [3.63, 3.8) is 0 Å². The maximum absolute atomic E-state index is 9.80. The van der Waals surface area contributed by atoms with Gasteiger partial charge in [-0.2, -0.15) is 0 Å². The summed E-state index contributed by atoms with van der Waals surface area (Å²) in [5.41, 5.74) is 1.31. The monoisotopic (exact) mass is 368 g/mol. The Labute approximate surface area is 158 Å². The van der Waals surface area contributed by atoms with Crippen LogP contribution in [0.4, 0.5) is 0 Å². The molecule has 0 aliphatic carbocycles. The molecule has 1 aliphatic rings. The van der Waals surface area contributed by atoms with Crippen LogP contribution < -0.4 is 0 Å². The van der Waals surface area contributed by atoms with E-state index in [0.717, 1.165) is 0 Å². The van der Waals surface area contributed by atoms with Gasteiger partial charge in [-0.3, -0.25) is 9.98 Å². The highest BCUT2D eigenvalue weighted by Crippen LogP contribution is 2.28. The first-order valence-corrected chi connectivity index (χ1v) is 8.86. The lowest BCUT2D eigenvalue weighted by Crippen LogP contribution is -2.28. The van der Waals surface area contributed by atoms with Gasteiger partial charge in [-0.1, -0.05) is 24.3 Å². The molecule has 1 saturated heterocycles. The van der Waals surface area contributed by atoms with Crippen molar-refractivity contribution >= 4 is 12.4 Å². The molecule has 0 radical (unpaired) electrons. The molecule has 1 heterocycles. The van der Waals surface area contributed by atoms with Gasteiger partial charge in [0.15, 0.2) is 5.79 Å². The van der Waals surface area contributed by atoms with E-state index in [2.05, 4.69) is 9.98 Å². The van der Waals surface area contributed by atoms with Gasteiger partial charge in [-0.15, -0.1) is 0 Å². The average Bonchev–Trinajstić information content (AvgIpc) is 2.92. The summed E-state index contributed by atoms with van der Waals surface area (Å²) >= 11 is 0. The molecule has 0 spiro atoms. The molecule has 1 fully saturated rings. The van der Waals surface area contributed by atoms with Gasteiger partial charge >= 0.3 is 0 Å². The molecule has 0 amide bonds. The van der Waals surface area contributed by atoms with Gasteiger partial charge in [0.1, 0.15) is 23.7 Å². The summed E-state index contributed by atoms with van der Waals surface area (Å²) in [6.07, 6.45) is 2.77. The number of para-hydroxylation sites is 2. The molecule has 142 valence electrons. The number of hydrogen-bond acceptors (Lipinski definition) is 6. The molecule has 3 rings (SSSR count). The van der Waals surface area contributed by atoms with Crippen LogP contribution >= 0.6 is 0 Å². The zero-order valence-corrected chi connectivity index (χ0v) is 15.4. The first-order valence-electron chi connectivity index (χ1n) is 8.86. The highest BCUT2D eigenvalue weighted by Gasteiger charge is 2.40. The number of phenolic OH excluding ortho intramolecular Hbond substituents is 2. The van der Waals surface area contributed by atoms with Crippen molar-refractivity contribution in [2.75, 3.05) is 13.1 Å². The minimum Gasteiger partial charge on any atom is -0.507 e. The topological polar surface area (TPSA) is 83.6 Å². The van der Waals surface area contributed by atoms with E-state index < -0.39 is 5.79 Å². The third kappa shape index (κ3) is 5.15. The number of hydrogen-bond donors (Lipinski definition) is 2. The van der Waals surface area contributed by atoms with Gasteiger partial charge in [-0.25, -0.2) is 0 Å². The second-order valence-electron chi connectivity index (χ2n) is 6.82. The lowest BCUT2D eigenvalue weighted by molar-refractivity contribution is -0.144. The molecule has 0 aromatic heterocycles. The quantitative estimate of drug-likeness (QED) is 0.767. The Hall–Kier alpha value is -2.70. The normalized spacial score (nSPS) is 22.0. The van der Waals surface area contributed by atoms with Crippen molar-refractivity contribution in [2.24, 2.45) is 9.98 Å². The lowest BCUT2D eigenvalue weighted by atomic mass is 10.2. The van der Waals surface area contributed by atoms with E-state index in [4.69, 9.17) is 9.47 Å². The SMILES string of the molecule is CC1(C)O[C@H](CN=Cc2ccccc2O)[C@@H](CN=Cc2ccccc2O)O1. The van der Waals surface area contributed by atoms with Crippen LogP contribution in [0.5, 0.6) is 11.5 Å². The first kappa shape index (κ1) is 19.1. The van der Waals surface area contributed by atoms with E-state index in [1.165, 1.54) is 0 Å². The molecule has 6 nitrogen and oxygen atoms in total. The maximum Gasteiger partial charge on any atom is 0.163 e. The number of aromatic hydroxyl groups is 2. The molecule has 27 heavy (non-hydrogen) atoms. The second-order valence-corrected chi connectivity index (χ2v) is 6.82. The molecular weight excluding hydrogens is 344 g/mol. The number of aliphatic imine (C=N–C) groups is 2.